The molecule has 0 saturated heterocycles. The monoisotopic (exact) mass is 283 g/mol. The average molecular weight is 283 g/mol. The fourth-order valence-electron chi connectivity index (χ4n) is 2.19. The van der Waals surface area contributed by atoms with Crippen LogP contribution in [0.15, 0.2) is 24.5 Å². The summed E-state index contributed by atoms with van der Waals surface area (Å²) in [5.41, 5.74) is 1.48. The van der Waals surface area contributed by atoms with E-state index in [1.165, 1.54) is 12.4 Å². The van der Waals surface area contributed by atoms with Crippen molar-refractivity contribution in [3.05, 3.63) is 47.0 Å². The Morgan fingerprint density at radius 3 is 2.60 bits per heavy atom. The number of hydrogen-bond acceptors (Lipinski definition) is 2. The standard InChI is InChI=1S/C14H16F3N3/c1-3-12-8-11(19-20(12)2)5-4-10-9-18-7-6-13(10)14(15,16)17/h6-9H,3-5H2,1-2H3. The molecule has 0 fully saturated rings. The lowest BCUT2D eigenvalue weighted by atomic mass is 10.0. The highest BCUT2D eigenvalue weighted by Crippen LogP contribution is 2.31. The van der Waals surface area contributed by atoms with E-state index in [4.69, 9.17) is 0 Å². The maximum atomic E-state index is 12.8. The van der Waals surface area contributed by atoms with E-state index in [2.05, 4.69) is 10.1 Å². The van der Waals surface area contributed by atoms with Crippen LogP contribution < -0.4 is 0 Å². The number of nitrogens with zero attached hydrogens (tertiary/aromatic N) is 3. The molecule has 0 N–H and O–H groups in total. The van der Waals surface area contributed by atoms with E-state index in [0.29, 0.717) is 6.42 Å². The van der Waals surface area contributed by atoms with Crippen LogP contribution in [0.4, 0.5) is 13.2 Å². The van der Waals surface area contributed by atoms with Gasteiger partial charge in [-0.15, -0.1) is 0 Å². The van der Waals surface area contributed by atoms with E-state index in [9.17, 15) is 13.2 Å². The summed E-state index contributed by atoms with van der Waals surface area (Å²) < 4.78 is 40.3. The Kier molecular flexibility index (Phi) is 4.11. The molecule has 0 radical (unpaired) electrons. The molecule has 0 aromatic carbocycles. The summed E-state index contributed by atoms with van der Waals surface area (Å²) in [7, 11) is 1.84. The van der Waals surface area contributed by atoms with Crippen LogP contribution in [0.2, 0.25) is 0 Å². The van der Waals surface area contributed by atoms with Gasteiger partial charge in [-0.2, -0.15) is 18.3 Å². The van der Waals surface area contributed by atoms with Crippen molar-refractivity contribution in [3.8, 4) is 0 Å². The Balaban J connectivity index is 2.15. The molecule has 2 heterocycles. The predicted octanol–water partition coefficient (Wildman–Crippen LogP) is 3.18. The first kappa shape index (κ1) is 14.6. The van der Waals surface area contributed by atoms with Crippen LogP contribution in [-0.4, -0.2) is 14.8 Å². The lowest BCUT2D eigenvalue weighted by Crippen LogP contribution is -2.10. The molecule has 0 spiro atoms. The van der Waals surface area contributed by atoms with Crippen LogP contribution in [0.5, 0.6) is 0 Å². The molecule has 2 aromatic heterocycles. The first-order valence-corrected chi connectivity index (χ1v) is 6.43. The molecule has 2 rings (SSSR count). The zero-order chi connectivity index (χ0) is 14.8. The smallest absolute Gasteiger partial charge is 0.272 e. The molecule has 0 saturated carbocycles. The minimum atomic E-state index is -4.34. The van der Waals surface area contributed by atoms with Crippen molar-refractivity contribution in [1.29, 1.82) is 0 Å². The van der Waals surface area contributed by atoms with Gasteiger partial charge in [-0.05, 0) is 37.0 Å². The molecule has 3 nitrogen and oxygen atoms in total. The van der Waals surface area contributed by atoms with Crippen LogP contribution in [0, 0.1) is 0 Å². The summed E-state index contributed by atoms with van der Waals surface area (Å²) in [6.45, 7) is 2.02. The van der Waals surface area contributed by atoms with E-state index in [1.54, 1.807) is 4.68 Å². The van der Waals surface area contributed by atoms with Crippen molar-refractivity contribution in [3.63, 3.8) is 0 Å². The van der Waals surface area contributed by atoms with Gasteiger partial charge in [0.05, 0.1) is 11.3 Å². The normalized spacial score (nSPS) is 11.8. The molecule has 20 heavy (non-hydrogen) atoms. The van der Waals surface area contributed by atoms with E-state index in [1.807, 2.05) is 20.0 Å². The summed E-state index contributed by atoms with van der Waals surface area (Å²) in [4.78, 5) is 3.78. The summed E-state index contributed by atoms with van der Waals surface area (Å²) in [5, 5.41) is 4.30. The van der Waals surface area contributed by atoms with Crippen LogP contribution >= 0.6 is 0 Å². The van der Waals surface area contributed by atoms with Crippen molar-refractivity contribution in [1.82, 2.24) is 14.8 Å². The summed E-state index contributed by atoms with van der Waals surface area (Å²) in [6, 6.07) is 2.95. The number of pyridine rings is 1. The molecule has 0 unspecified atom stereocenters. The van der Waals surface area contributed by atoms with Gasteiger partial charge in [-0.3, -0.25) is 9.67 Å². The second-order valence-electron chi connectivity index (χ2n) is 4.63. The van der Waals surface area contributed by atoms with Gasteiger partial charge in [0.1, 0.15) is 0 Å². The molecular weight excluding hydrogens is 267 g/mol. The van der Waals surface area contributed by atoms with Gasteiger partial charge in [-0.1, -0.05) is 6.92 Å². The molecule has 108 valence electrons. The first-order chi connectivity index (χ1) is 9.41. The molecule has 0 aliphatic heterocycles. The van der Waals surface area contributed by atoms with Crippen LogP contribution in [0.1, 0.15) is 29.4 Å². The molecular formula is C14H16F3N3. The summed E-state index contributed by atoms with van der Waals surface area (Å²) in [6.07, 6.45) is -0.276. The van der Waals surface area contributed by atoms with E-state index >= 15 is 0 Å². The quantitative estimate of drug-likeness (QED) is 0.862. The van der Waals surface area contributed by atoms with Gasteiger partial charge in [-0.25, -0.2) is 0 Å². The Labute approximate surface area is 115 Å². The molecule has 2 aromatic rings. The topological polar surface area (TPSA) is 30.7 Å². The summed E-state index contributed by atoms with van der Waals surface area (Å²) in [5.74, 6) is 0. The predicted molar refractivity (Wildman–Crippen MR) is 69.2 cm³/mol. The van der Waals surface area contributed by atoms with Gasteiger partial charge < -0.3 is 0 Å². The Bertz CT molecular complexity index is 588. The molecule has 0 bridgehead atoms. The van der Waals surface area contributed by atoms with Gasteiger partial charge >= 0.3 is 6.18 Å². The number of alkyl halides is 3. The van der Waals surface area contributed by atoms with Gasteiger partial charge in [0.2, 0.25) is 0 Å². The lowest BCUT2D eigenvalue weighted by molar-refractivity contribution is -0.138. The van der Waals surface area contributed by atoms with Crippen LogP contribution in [0.25, 0.3) is 0 Å². The number of halogens is 3. The molecule has 6 heteroatoms. The largest absolute Gasteiger partial charge is 0.416 e. The average Bonchev–Trinajstić information content (AvgIpc) is 2.76. The first-order valence-electron chi connectivity index (χ1n) is 6.43. The second kappa shape index (κ2) is 5.64. The SMILES string of the molecule is CCc1cc(CCc2cnccc2C(F)(F)F)nn1C. The molecule has 0 atom stereocenters. The maximum absolute atomic E-state index is 12.8. The highest BCUT2D eigenvalue weighted by atomic mass is 19.4. The van der Waals surface area contributed by atoms with Crippen LogP contribution in [-0.2, 0) is 32.5 Å². The fraction of sp³-hybridized carbons (Fsp3) is 0.429. The lowest BCUT2D eigenvalue weighted by Gasteiger charge is -2.11. The minimum Gasteiger partial charge on any atom is -0.272 e. The number of aromatic nitrogens is 3. The van der Waals surface area contributed by atoms with Crippen LogP contribution in [0.3, 0.4) is 0 Å². The third kappa shape index (κ3) is 3.18. The molecule has 0 amide bonds. The van der Waals surface area contributed by atoms with Crippen molar-refractivity contribution >= 4 is 0 Å². The number of aryl methyl sites for hydroxylation is 4. The van der Waals surface area contributed by atoms with E-state index in [0.717, 1.165) is 23.9 Å². The highest BCUT2D eigenvalue weighted by molar-refractivity contribution is 5.27. The summed E-state index contributed by atoms with van der Waals surface area (Å²) >= 11 is 0. The molecule has 0 aliphatic rings. The zero-order valence-electron chi connectivity index (χ0n) is 11.4. The Morgan fingerprint density at radius 2 is 2.00 bits per heavy atom. The fourth-order valence-corrected chi connectivity index (χ4v) is 2.19. The molecule has 0 aliphatic carbocycles. The third-order valence-electron chi connectivity index (χ3n) is 3.25. The van der Waals surface area contributed by atoms with Gasteiger partial charge in [0.25, 0.3) is 0 Å². The van der Waals surface area contributed by atoms with Gasteiger partial charge in [0, 0.05) is 25.1 Å². The number of rotatable bonds is 4. The Hall–Kier alpha value is -1.85. The van der Waals surface area contributed by atoms with Crippen molar-refractivity contribution in [2.45, 2.75) is 32.4 Å². The van der Waals surface area contributed by atoms with Crippen molar-refractivity contribution in [2.24, 2.45) is 7.05 Å². The highest BCUT2D eigenvalue weighted by Gasteiger charge is 2.32. The minimum absolute atomic E-state index is 0.212. The van der Waals surface area contributed by atoms with Crippen molar-refractivity contribution < 1.29 is 13.2 Å². The third-order valence-corrected chi connectivity index (χ3v) is 3.25. The van der Waals surface area contributed by atoms with Crippen molar-refractivity contribution in [2.75, 3.05) is 0 Å². The second-order valence-corrected chi connectivity index (χ2v) is 4.63. The van der Waals surface area contributed by atoms with E-state index in [-0.39, 0.29) is 12.0 Å². The number of hydrogen-bond donors (Lipinski definition) is 0. The van der Waals surface area contributed by atoms with E-state index < -0.39 is 11.7 Å². The van der Waals surface area contributed by atoms with Gasteiger partial charge in [0.15, 0.2) is 0 Å². The maximum Gasteiger partial charge on any atom is 0.416 e. The zero-order valence-corrected chi connectivity index (χ0v) is 11.4. The Morgan fingerprint density at radius 1 is 1.25 bits per heavy atom.